The maximum Gasteiger partial charge on any atom is 0.406 e. The van der Waals surface area contributed by atoms with Crippen molar-refractivity contribution in [1.82, 2.24) is 10.2 Å². The summed E-state index contributed by atoms with van der Waals surface area (Å²) in [7, 11) is 0. The van der Waals surface area contributed by atoms with Gasteiger partial charge in [0.05, 0.1) is 6.54 Å². The number of ether oxygens (including phenoxy) is 1. The van der Waals surface area contributed by atoms with Gasteiger partial charge in [0, 0.05) is 0 Å². The lowest BCUT2D eigenvalue weighted by Gasteiger charge is -2.25. The van der Waals surface area contributed by atoms with Crippen LogP contribution in [0.15, 0.2) is 24.3 Å². The van der Waals surface area contributed by atoms with Gasteiger partial charge >= 0.3 is 12.8 Å². The van der Waals surface area contributed by atoms with E-state index in [4.69, 9.17) is 0 Å². The lowest BCUT2D eigenvalue weighted by molar-refractivity contribution is -0.161. The predicted molar refractivity (Wildman–Crippen MR) is 61.6 cm³/mol. The van der Waals surface area contributed by atoms with E-state index in [1.807, 2.05) is 0 Å². The third kappa shape index (κ3) is 4.03. The lowest BCUT2D eigenvalue weighted by atomic mass is 10.1. The largest absolute Gasteiger partial charge is 0.435 e. The Balaban J connectivity index is 2.14. The maximum absolute atomic E-state index is 12.5. The van der Waals surface area contributed by atoms with Gasteiger partial charge in [0.15, 0.2) is 0 Å². The second-order valence-electron chi connectivity index (χ2n) is 4.37. The number of benzene rings is 1. The molecule has 1 aliphatic rings. The SMILES string of the molecule is O=C1CNC(c2ccc(OC(F)F)cc2)N1CC(F)(F)F. The second-order valence-corrected chi connectivity index (χ2v) is 4.37. The van der Waals surface area contributed by atoms with Gasteiger partial charge < -0.3 is 9.64 Å². The number of carbonyl (C=O) groups excluding carboxylic acids is 1. The molecule has 0 aliphatic carbocycles. The van der Waals surface area contributed by atoms with Crippen molar-refractivity contribution in [3.05, 3.63) is 29.8 Å². The van der Waals surface area contributed by atoms with Crippen LogP contribution >= 0.6 is 0 Å². The van der Waals surface area contributed by atoms with Crippen LogP contribution in [0, 0.1) is 0 Å². The highest BCUT2D eigenvalue weighted by Gasteiger charge is 2.40. The van der Waals surface area contributed by atoms with Gasteiger partial charge in [-0.2, -0.15) is 22.0 Å². The molecule has 21 heavy (non-hydrogen) atoms. The minimum Gasteiger partial charge on any atom is -0.435 e. The van der Waals surface area contributed by atoms with Crippen LogP contribution in [0.1, 0.15) is 11.7 Å². The number of hydrogen-bond acceptors (Lipinski definition) is 3. The highest BCUT2D eigenvalue weighted by atomic mass is 19.4. The molecule has 116 valence electrons. The van der Waals surface area contributed by atoms with Gasteiger partial charge in [0.25, 0.3) is 0 Å². The molecule has 0 spiro atoms. The first kappa shape index (κ1) is 15.5. The van der Waals surface area contributed by atoms with E-state index in [0.717, 1.165) is 0 Å². The Morgan fingerprint density at radius 2 is 1.90 bits per heavy atom. The van der Waals surface area contributed by atoms with Gasteiger partial charge in [-0.3, -0.25) is 10.1 Å². The number of halogens is 5. The van der Waals surface area contributed by atoms with E-state index < -0.39 is 31.4 Å². The van der Waals surface area contributed by atoms with Crippen LogP contribution < -0.4 is 10.1 Å². The van der Waals surface area contributed by atoms with E-state index in [0.29, 0.717) is 10.5 Å². The highest BCUT2D eigenvalue weighted by molar-refractivity contribution is 5.81. The Hall–Kier alpha value is -1.90. The van der Waals surface area contributed by atoms with Crippen LogP contribution in [0.4, 0.5) is 22.0 Å². The number of carbonyl (C=O) groups is 1. The fourth-order valence-electron chi connectivity index (χ4n) is 2.04. The minimum absolute atomic E-state index is 0.111. The van der Waals surface area contributed by atoms with Crippen molar-refractivity contribution in [3.8, 4) is 5.75 Å². The number of rotatable bonds is 4. The van der Waals surface area contributed by atoms with Crippen molar-refractivity contribution >= 4 is 5.91 Å². The molecule has 0 saturated carbocycles. The summed E-state index contributed by atoms with van der Waals surface area (Å²) in [5.74, 6) is -0.786. The molecule has 0 aromatic heterocycles. The molecule has 1 aromatic rings. The zero-order valence-electron chi connectivity index (χ0n) is 10.5. The van der Waals surface area contributed by atoms with E-state index in [1.54, 1.807) is 0 Å². The molecular formula is C12H11F5N2O2. The monoisotopic (exact) mass is 310 g/mol. The smallest absolute Gasteiger partial charge is 0.406 e. The number of nitrogens with one attached hydrogen (secondary N) is 1. The molecule has 1 N–H and O–H groups in total. The van der Waals surface area contributed by atoms with Crippen LogP contribution in [0.3, 0.4) is 0 Å². The topological polar surface area (TPSA) is 41.6 Å². The zero-order valence-corrected chi connectivity index (χ0v) is 10.5. The minimum atomic E-state index is -4.52. The molecular weight excluding hydrogens is 299 g/mol. The molecule has 1 amide bonds. The fourth-order valence-corrected chi connectivity index (χ4v) is 2.04. The van der Waals surface area contributed by atoms with Gasteiger partial charge in [0.2, 0.25) is 5.91 Å². The zero-order chi connectivity index (χ0) is 15.6. The normalized spacial score (nSPS) is 19.4. The Morgan fingerprint density at radius 1 is 1.29 bits per heavy atom. The summed E-state index contributed by atoms with van der Waals surface area (Å²) in [6.07, 6.45) is -5.46. The summed E-state index contributed by atoms with van der Waals surface area (Å²) < 4.78 is 65.5. The van der Waals surface area contributed by atoms with Crippen molar-refractivity contribution in [2.24, 2.45) is 0 Å². The number of hydrogen-bond donors (Lipinski definition) is 1. The summed E-state index contributed by atoms with van der Waals surface area (Å²) in [6, 6.07) is 5.07. The average molecular weight is 310 g/mol. The Kier molecular flexibility index (Phi) is 4.31. The molecule has 1 heterocycles. The Labute approximate surface area is 116 Å². The van der Waals surface area contributed by atoms with Crippen molar-refractivity contribution in [3.63, 3.8) is 0 Å². The van der Waals surface area contributed by atoms with Crippen LogP contribution in [-0.2, 0) is 4.79 Å². The first-order chi connectivity index (χ1) is 9.76. The van der Waals surface area contributed by atoms with Crippen molar-refractivity contribution < 1.29 is 31.5 Å². The summed E-state index contributed by atoms with van der Waals surface area (Å²) in [6.45, 7) is -4.57. The van der Waals surface area contributed by atoms with Crippen LogP contribution in [0.5, 0.6) is 5.75 Å². The van der Waals surface area contributed by atoms with Gasteiger partial charge in [-0.1, -0.05) is 12.1 Å². The van der Waals surface area contributed by atoms with Gasteiger partial charge in [0.1, 0.15) is 18.5 Å². The molecule has 1 aliphatic heterocycles. The van der Waals surface area contributed by atoms with Gasteiger partial charge in [-0.05, 0) is 17.7 Å². The third-order valence-electron chi connectivity index (χ3n) is 2.85. The lowest BCUT2D eigenvalue weighted by Crippen LogP contribution is -2.38. The molecule has 1 atom stereocenters. The Bertz CT molecular complexity index is 503. The summed E-state index contributed by atoms with van der Waals surface area (Å²) in [5.41, 5.74) is 0.353. The summed E-state index contributed by atoms with van der Waals surface area (Å²) in [4.78, 5) is 12.1. The first-order valence-corrected chi connectivity index (χ1v) is 5.90. The molecule has 2 rings (SSSR count). The van der Waals surface area contributed by atoms with Crippen LogP contribution in [0.2, 0.25) is 0 Å². The second kappa shape index (κ2) is 5.84. The summed E-state index contributed by atoms with van der Waals surface area (Å²) >= 11 is 0. The van der Waals surface area contributed by atoms with Gasteiger partial charge in [-0.25, -0.2) is 0 Å². The van der Waals surface area contributed by atoms with E-state index in [9.17, 15) is 26.7 Å². The standard InChI is InChI=1S/C12H11F5N2O2/c13-11(14)21-8-3-1-7(2-4-8)10-18-5-9(20)19(10)6-12(15,16)17/h1-4,10-11,18H,5-6H2. The van der Waals surface area contributed by atoms with E-state index in [-0.39, 0.29) is 12.3 Å². The van der Waals surface area contributed by atoms with E-state index in [2.05, 4.69) is 10.1 Å². The van der Waals surface area contributed by atoms with Gasteiger partial charge in [-0.15, -0.1) is 0 Å². The molecule has 1 fully saturated rings. The number of nitrogens with zero attached hydrogens (tertiary/aromatic N) is 1. The summed E-state index contributed by atoms with van der Waals surface area (Å²) in [5, 5.41) is 2.64. The maximum atomic E-state index is 12.5. The van der Waals surface area contributed by atoms with Crippen molar-refractivity contribution in [1.29, 1.82) is 0 Å². The molecule has 1 unspecified atom stereocenters. The molecule has 0 bridgehead atoms. The third-order valence-corrected chi connectivity index (χ3v) is 2.85. The van der Waals surface area contributed by atoms with Crippen molar-refractivity contribution in [2.45, 2.75) is 19.0 Å². The number of amides is 1. The molecule has 1 saturated heterocycles. The van der Waals surface area contributed by atoms with E-state index in [1.165, 1.54) is 24.3 Å². The fraction of sp³-hybridized carbons (Fsp3) is 0.417. The van der Waals surface area contributed by atoms with Crippen molar-refractivity contribution in [2.75, 3.05) is 13.1 Å². The van der Waals surface area contributed by atoms with Crippen LogP contribution in [0.25, 0.3) is 0 Å². The average Bonchev–Trinajstić information content (AvgIpc) is 2.70. The molecule has 9 heteroatoms. The quantitative estimate of drug-likeness (QED) is 0.868. The molecule has 0 radical (unpaired) electrons. The van der Waals surface area contributed by atoms with Crippen LogP contribution in [-0.4, -0.2) is 36.7 Å². The predicted octanol–water partition coefficient (Wildman–Crippen LogP) is 2.28. The highest BCUT2D eigenvalue weighted by Crippen LogP contribution is 2.28. The molecule has 4 nitrogen and oxygen atoms in total. The number of alkyl halides is 5. The first-order valence-electron chi connectivity index (χ1n) is 5.90. The van der Waals surface area contributed by atoms with E-state index >= 15 is 0 Å². The molecule has 1 aromatic carbocycles. The Morgan fingerprint density at radius 3 is 2.43 bits per heavy atom.